The van der Waals surface area contributed by atoms with E-state index in [9.17, 15) is 4.79 Å². The largest absolute Gasteiger partial charge is 0.382 e. The van der Waals surface area contributed by atoms with Crippen molar-refractivity contribution in [3.05, 3.63) is 70.6 Å². The van der Waals surface area contributed by atoms with Gasteiger partial charge in [-0.05, 0) is 24.1 Å². The van der Waals surface area contributed by atoms with Gasteiger partial charge in [0.15, 0.2) is 5.13 Å². The molecule has 0 spiro atoms. The number of hydrogen-bond donors (Lipinski definition) is 2. The van der Waals surface area contributed by atoms with E-state index in [4.69, 9.17) is 5.73 Å². The molecule has 0 aliphatic carbocycles. The molecule has 0 atom stereocenters. The summed E-state index contributed by atoms with van der Waals surface area (Å²) < 4.78 is 0. The van der Waals surface area contributed by atoms with Gasteiger partial charge < -0.3 is 11.1 Å². The standard InChI is InChI=1S/C18H17N3OS/c1-2-12-7-6-10-14(11-12)20-18-21-17(19)16(23-18)15(22)13-8-4-3-5-9-13/h3-11H,2,19H2,1H3,(H,20,21). The Morgan fingerprint density at radius 2 is 1.96 bits per heavy atom. The molecule has 0 amide bonds. The minimum atomic E-state index is -0.101. The molecule has 0 saturated carbocycles. The van der Waals surface area contributed by atoms with Crippen LogP contribution in [0.4, 0.5) is 16.6 Å². The van der Waals surface area contributed by atoms with Crippen LogP contribution in [-0.4, -0.2) is 10.8 Å². The van der Waals surface area contributed by atoms with Crippen molar-refractivity contribution >= 4 is 33.8 Å². The highest BCUT2D eigenvalue weighted by Gasteiger charge is 2.17. The Bertz CT molecular complexity index is 827. The minimum Gasteiger partial charge on any atom is -0.382 e. The fourth-order valence-electron chi connectivity index (χ4n) is 2.26. The van der Waals surface area contributed by atoms with E-state index in [1.165, 1.54) is 16.9 Å². The quantitative estimate of drug-likeness (QED) is 0.688. The molecule has 5 heteroatoms. The van der Waals surface area contributed by atoms with Gasteiger partial charge in [-0.1, -0.05) is 60.7 Å². The second kappa shape index (κ2) is 6.62. The lowest BCUT2D eigenvalue weighted by molar-refractivity contribution is 0.104. The number of hydrogen-bond acceptors (Lipinski definition) is 5. The van der Waals surface area contributed by atoms with Crippen LogP contribution in [0, 0.1) is 0 Å². The number of nitrogens with two attached hydrogens (primary N) is 1. The minimum absolute atomic E-state index is 0.101. The monoisotopic (exact) mass is 323 g/mol. The third-order valence-electron chi connectivity index (χ3n) is 3.48. The normalized spacial score (nSPS) is 10.5. The number of nitrogen functional groups attached to an aromatic ring is 1. The van der Waals surface area contributed by atoms with Crippen molar-refractivity contribution in [1.82, 2.24) is 4.98 Å². The summed E-state index contributed by atoms with van der Waals surface area (Å²) in [6.07, 6.45) is 0.966. The zero-order valence-corrected chi connectivity index (χ0v) is 13.6. The SMILES string of the molecule is CCc1cccc(Nc2nc(N)c(C(=O)c3ccccc3)s2)c1. The molecule has 4 nitrogen and oxygen atoms in total. The van der Waals surface area contributed by atoms with Crippen LogP contribution in [0.5, 0.6) is 0 Å². The van der Waals surface area contributed by atoms with E-state index in [2.05, 4.69) is 29.4 Å². The number of aryl methyl sites for hydroxylation is 1. The average molecular weight is 323 g/mol. The van der Waals surface area contributed by atoms with Crippen LogP contribution in [0.25, 0.3) is 0 Å². The molecular weight excluding hydrogens is 306 g/mol. The molecule has 3 aromatic rings. The van der Waals surface area contributed by atoms with Crippen LogP contribution >= 0.6 is 11.3 Å². The summed E-state index contributed by atoms with van der Waals surface area (Å²) in [5.74, 6) is 0.161. The Balaban J connectivity index is 1.85. The first kappa shape index (κ1) is 15.2. The zero-order valence-electron chi connectivity index (χ0n) is 12.7. The van der Waals surface area contributed by atoms with E-state index >= 15 is 0 Å². The van der Waals surface area contributed by atoms with E-state index in [1.54, 1.807) is 12.1 Å². The second-order valence-electron chi connectivity index (χ2n) is 5.11. The van der Waals surface area contributed by atoms with Crippen LogP contribution in [-0.2, 0) is 6.42 Å². The first-order valence-corrected chi connectivity index (χ1v) is 8.21. The molecule has 0 unspecified atom stereocenters. The molecule has 3 N–H and O–H groups in total. The second-order valence-corrected chi connectivity index (χ2v) is 6.11. The smallest absolute Gasteiger partial charge is 0.206 e. The van der Waals surface area contributed by atoms with Crippen LogP contribution in [0.1, 0.15) is 27.7 Å². The number of aromatic nitrogens is 1. The lowest BCUT2D eigenvalue weighted by atomic mass is 10.1. The van der Waals surface area contributed by atoms with Gasteiger partial charge in [-0.25, -0.2) is 4.98 Å². The maximum absolute atomic E-state index is 12.5. The fourth-order valence-corrected chi connectivity index (χ4v) is 3.13. The first-order valence-electron chi connectivity index (χ1n) is 7.39. The number of carbonyl (C=O) groups excluding carboxylic acids is 1. The fraction of sp³-hybridized carbons (Fsp3) is 0.111. The van der Waals surface area contributed by atoms with Crippen molar-refractivity contribution < 1.29 is 4.79 Å². The van der Waals surface area contributed by atoms with Crippen molar-refractivity contribution in [1.29, 1.82) is 0 Å². The van der Waals surface area contributed by atoms with E-state index in [0.29, 0.717) is 15.6 Å². The van der Waals surface area contributed by atoms with Gasteiger partial charge in [0.25, 0.3) is 0 Å². The maximum atomic E-state index is 12.5. The van der Waals surface area contributed by atoms with Crippen molar-refractivity contribution in [2.75, 3.05) is 11.1 Å². The highest BCUT2D eigenvalue weighted by molar-refractivity contribution is 7.18. The average Bonchev–Trinajstić information content (AvgIpc) is 2.95. The third kappa shape index (κ3) is 3.40. The van der Waals surface area contributed by atoms with Gasteiger partial charge >= 0.3 is 0 Å². The van der Waals surface area contributed by atoms with Crippen molar-refractivity contribution in [3.63, 3.8) is 0 Å². The Morgan fingerprint density at radius 1 is 1.17 bits per heavy atom. The molecule has 0 fully saturated rings. The molecule has 3 rings (SSSR count). The molecule has 0 saturated heterocycles. The Morgan fingerprint density at radius 3 is 2.70 bits per heavy atom. The Labute approximate surface area is 139 Å². The molecule has 0 aliphatic heterocycles. The summed E-state index contributed by atoms with van der Waals surface area (Å²) in [5, 5.41) is 3.84. The molecular formula is C18H17N3OS. The molecule has 0 aliphatic rings. The maximum Gasteiger partial charge on any atom is 0.206 e. The van der Waals surface area contributed by atoms with Gasteiger partial charge in [0.05, 0.1) is 0 Å². The Hall–Kier alpha value is -2.66. The van der Waals surface area contributed by atoms with Crippen molar-refractivity contribution in [2.45, 2.75) is 13.3 Å². The lowest BCUT2D eigenvalue weighted by Crippen LogP contribution is -2.02. The van der Waals surface area contributed by atoms with Crippen LogP contribution in [0.3, 0.4) is 0 Å². The van der Waals surface area contributed by atoms with E-state index in [0.717, 1.165) is 12.1 Å². The van der Waals surface area contributed by atoms with Crippen molar-refractivity contribution in [3.8, 4) is 0 Å². The Kier molecular flexibility index (Phi) is 4.39. The van der Waals surface area contributed by atoms with Gasteiger partial charge in [0, 0.05) is 11.3 Å². The van der Waals surface area contributed by atoms with E-state index in [-0.39, 0.29) is 11.6 Å². The van der Waals surface area contributed by atoms with Crippen LogP contribution in [0.2, 0.25) is 0 Å². The van der Waals surface area contributed by atoms with Gasteiger partial charge in [-0.3, -0.25) is 4.79 Å². The highest BCUT2D eigenvalue weighted by atomic mass is 32.1. The molecule has 2 aromatic carbocycles. The summed E-state index contributed by atoms with van der Waals surface area (Å²) in [4.78, 5) is 17.2. The number of carbonyl (C=O) groups is 1. The molecule has 23 heavy (non-hydrogen) atoms. The van der Waals surface area contributed by atoms with Gasteiger partial charge in [0.2, 0.25) is 5.78 Å². The van der Waals surface area contributed by atoms with E-state index in [1.807, 2.05) is 30.3 Å². The molecule has 0 radical (unpaired) electrons. The number of ketones is 1. The van der Waals surface area contributed by atoms with Gasteiger partial charge in [-0.2, -0.15) is 0 Å². The summed E-state index contributed by atoms with van der Waals surface area (Å²) in [5.41, 5.74) is 8.72. The number of benzene rings is 2. The van der Waals surface area contributed by atoms with E-state index < -0.39 is 0 Å². The van der Waals surface area contributed by atoms with Crippen LogP contribution in [0.15, 0.2) is 54.6 Å². The number of nitrogens with one attached hydrogen (secondary N) is 1. The first-order chi connectivity index (χ1) is 11.2. The predicted molar refractivity (Wildman–Crippen MR) is 95.5 cm³/mol. The topological polar surface area (TPSA) is 68.0 Å². The molecule has 1 heterocycles. The number of nitrogens with zero attached hydrogens (tertiary/aromatic N) is 1. The zero-order chi connectivity index (χ0) is 16.2. The number of anilines is 3. The lowest BCUT2D eigenvalue weighted by Gasteiger charge is -2.04. The summed E-state index contributed by atoms with van der Waals surface area (Å²) in [6.45, 7) is 2.11. The van der Waals surface area contributed by atoms with Crippen LogP contribution < -0.4 is 11.1 Å². The number of rotatable bonds is 5. The summed E-state index contributed by atoms with van der Waals surface area (Å²) >= 11 is 1.27. The van der Waals surface area contributed by atoms with Gasteiger partial charge in [0.1, 0.15) is 10.7 Å². The molecule has 0 bridgehead atoms. The molecule has 116 valence electrons. The summed E-state index contributed by atoms with van der Waals surface area (Å²) in [7, 11) is 0. The van der Waals surface area contributed by atoms with Crippen molar-refractivity contribution in [2.24, 2.45) is 0 Å². The third-order valence-corrected chi connectivity index (χ3v) is 4.47. The predicted octanol–water partition coefficient (Wildman–Crippen LogP) is 4.26. The molecule has 1 aromatic heterocycles. The van der Waals surface area contributed by atoms with Gasteiger partial charge in [-0.15, -0.1) is 0 Å². The summed E-state index contributed by atoms with van der Waals surface area (Å²) in [6, 6.07) is 17.2. The number of thiazole rings is 1. The highest BCUT2D eigenvalue weighted by Crippen LogP contribution is 2.29.